The molecule has 0 saturated carbocycles. The van der Waals surface area contributed by atoms with Gasteiger partial charge in [-0.1, -0.05) is 30.7 Å². The summed E-state index contributed by atoms with van der Waals surface area (Å²) in [6, 6.07) is 7.28. The first-order valence-electron chi connectivity index (χ1n) is 4.95. The Morgan fingerprint density at radius 2 is 2.06 bits per heavy atom. The van der Waals surface area contributed by atoms with Gasteiger partial charge in [0.05, 0.1) is 0 Å². The maximum Gasteiger partial charge on any atom is 0.260 e. The van der Waals surface area contributed by atoms with Crippen molar-refractivity contribution in [2.24, 2.45) is 0 Å². The van der Waals surface area contributed by atoms with Crippen molar-refractivity contribution in [1.29, 1.82) is 0 Å². The second-order valence-electron chi connectivity index (χ2n) is 3.30. The van der Waals surface area contributed by atoms with Gasteiger partial charge in [-0.2, -0.15) is 0 Å². The van der Waals surface area contributed by atoms with E-state index in [9.17, 15) is 4.79 Å². The van der Waals surface area contributed by atoms with Crippen LogP contribution in [0.2, 0.25) is 5.02 Å². The van der Waals surface area contributed by atoms with Crippen LogP contribution in [0.3, 0.4) is 0 Å². The van der Waals surface area contributed by atoms with Crippen LogP contribution in [0, 0.1) is 0 Å². The molecule has 0 fully saturated rings. The van der Waals surface area contributed by atoms with E-state index in [-0.39, 0.29) is 5.89 Å². The van der Waals surface area contributed by atoms with Gasteiger partial charge in [0, 0.05) is 17.0 Å². The topological polar surface area (TPSA) is 43.1 Å². The number of aryl methyl sites for hydroxylation is 1. The first kappa shape index (κ1) is 10.9. The molecule has 0 amide bonds. The zero-order chi connectivity index (χ0) is 11.5. The maximum absolute atomic E-state index is 10.6. The predicted molar refractivity (Wildman–Crippen MR) is 61.7 cm³/mol. The van der Waals surface area contributed by atoms with Gasteiger partial charge in [-0.25, -0.2) is 4.98 Å². The summed E-state index contributed by atoms with van der Waals surface area (Å²) in [5.41, 5.74) is 1.61. The van der Waals surface area contributed by atoms with E-state index in [4.69, 9.17) is 16.0 Å². The molecule has 16 heavy (non-hydrogen) atoms. The number of benzene rings is 1. The number of aromatic nitrogens is 1. The molecule has 1 aromatic heterocycles. The lowest BCUT2D eigenvalue weighted by Gasteiger charge is -1.98. The number of aldehydes is 1. The third kappa shape index (κ3) is 1.99. The van der Waals surface area contributed by atoms with Crippen molar-refractivity contribution >= 4 is 17.9 Å². The van der Waals surface area contributed by atoms with Crippen LogP contribution in [-0.4, -0.2) is 11.3 Å². The van der Waals surface area contributed by atoms with Gasteiger partial charge in [-0.05, 0) is 12.1 Å². The van der Waals surface area contributed by atoms with Crippen molar-refractivity contribution in [2.45, 2.75) is 13.3 Å². The summed E-state index contributed by atoms with van der Waals surface area (Å²) in [7, 11) is 0. The van der Waals surface area contributed by atoms with Crippen molar-refractivity contribution in [2.75, 3.05) is 0 Å². The minimum absolute atomic E-state index is 0.113. The van der Waals surface area contributed by atoms with Gasteiger partial charge in [0.15, 0.2) is 0 Å². The second-order valence-corrected chi connectivity index (χ2v) is 3.74. The van der Waals surface area contributed by atoms with Crippen LogP contribution in [0.15, 0.2) is 28.7 Å². The van der Waals surface area contributed by atoms with E-state index in [1.54, 1.807) is 12.1 Å². The number of carbonyl (C=O) groups is 1. The average Bonchev–Trinajstić information content (AvgIpc) is 2.73. The van der Waals surface area contributed by atoms with E-state index in [2.05, 4.69) is 4.98 Å². The molecule has 3 nitrogen and oxygen atoms in total. The molecule has 2 rings (SSSR count). The molecular formula is C12H10ClNO2. The molecule has 0 spiro atoms. The first-order valence-corrected chi connectivity index (χ1v) is 5.33. The zero-order valence-corrected chi connectivity index (χ0v) is 9.49. The second kappa shape index (κ2) is 4.49. The Balaban J connectivity index is 2.49. The molecule has 1 aromatic carbocycles. The Morgan fingerprint density at radius 1 is 1.38 bits per heavy atom. The Morgan fingerprint density at radius 3 is 2.62 bits per heavy atom. The summed E-state index contributed by atoms with van der Waals surface area (Å²) in [6.45, 7) is 1.95. The summed E-state index contributed by atoms with van der Waals surface area (Å²) in [4.78, 5) is 14.7. The molecule has 0 unspecified atom stereocenters. The van der Waals surface area contributed by atoms with Crippen LogP contribution in [0.4, 0.5) is 0 Å². The van der Waals surface area contributed by atoms with Gasteiger partial charge in [-0.15, -0.1) is 0 Å². The molecule has 0 radical (unpaired) electrons. The smallest absolute Gasteiger partial charge is 0.260 e. The fraction of sp³-hybridized carbons (Fsp3) is 0.167. The molecule has 0 aliphatic heterocycles. The van der Waals surface area contributed by atoms with Crippen LogP contribution in [0.5, 0.6) is 0 Å². The highest BCUT2D eigenvalue weighted by Crippen LogP contribution is 2.25. The molecule has 82 valence electrons. The Labute approximate surface area is 98.1 Å². The molecule has 0 aliphatic carbocycles. The first-order chi connectivity index (χ1) is 7.74. The van der Waals surface area contributed by atoms with Crippen LogP contribution in [0.25, 0.3) is 11.3 Å². The number of carbonyl (C=O) groups excluding carboxylic acids is 1. The highest BCUT2D eigenvalue weighted by Gasteiger charge is 2.12. The Kier molecular flexibility index (Phi) is 3.06. The van der Waals surface area contributed by atoms with Crippen molar-refractivity contribution < 1.29 is 9.21 Å². The molecule has 4 heteroatoms. The molecule has 2 aromatic rings. The van der Waals surface area contributed by atoms with E-state index in [1.807, 2.05) is 19.1 Å². The molecule has 0 aliphatic rings. The third-order valence-corrected chi connectivity index (χ3v) is 2.51. The van der Waals surface area contributed by atoms with Gasteiger partial charge in [0.2, 0.25) is 6.29 Å². The van der Waals surface area contributed by atoms with Crippen LogP contribution in [0.1, 0.15) is 23.4 Å². The molecule has 0 bridgehead atoms. The summed E-state index contributed by atoms with van der Waals surface area (Å²) in [6.07, 6.45) is 1.30. The predicted octanol–water partition coefficient (Wildman–Crippen LogP) is 3.37. The third-order valence-electron chi connectivity index (χ3n) is 2.25. The maximum atomic E-state index is 10.6. The lowest BCUT2D eigenvalue weighted by atomic mass is 10.1. The largest absolute Gasteiger partial charge is 0.438 e. The molecule has 0 saturated heterocycles. The minimum Gasteiger partial charge on any atom is -0.438 e. The van der Waals surface area contributed by atoms with E-state index in [1.165, 1.54) is 0 Å². The van der Waals surface area contributed by atoms with E-state index < -0.39 is 0 Å². The summed E-state index contributed by atoms with van der Waals surface area (Å²) < 4.78 is 5.29. The summed E-state index contributed by atoms with van der Waals surface area (Å²) >= 11 is 5.81. The van der Waals surface area contributed by atoms with Crippen molar-refractivity contribution in [1.82, 2.24) is 4.98 Å². The lowest BCUT2D eigenvalue weighted by molar-refractivity contribution is 0.109. The zero-order valence-electron chi connectivity index (χ0n) is 8.74. The molecule has 1 heterocycles. The normalized spacial score (nSPS) is 10.4. The molecule has 0 N–H and O–H groups in total. The van der Waals surface area contributed by atoms with Crippen molar-refractivity contribution in [3.63, 3.8) is 0 Å². The van der Waals surface area contributed by atoms with Gasteiger partial charge in [0.1, 0.15) is 11.5 Å². The molecule has 0 atom stereocenters. The van der Waals surface area contributed by atoms with Crippen LogP contribution < -0.4 is 0 Å². The Bertz CT molecular complexity index is 502. The fourth-order valence-electron chi connectivity index (χ4n) is 1.49. The van der Waals surface area contributed by atoms with Gasteiger partial charge < -0.3 is 4.42 Å². The number of halogens is 1. The lowest BCUT2D eigenvalue weighted by Crippen LogP contribution is -1.84. The van der Waals surface area contributed by atoms with Gasteiger partial charge >= 0.3 is 0 Å². The quantitative estimate of drug-likeness (QED) is 0.766. The minimum atomic E-state index is 0.113. The number of nitrogens with zero attached hydrogens (tertiary/aromatic N) is 1. The standard InChI is InChI=1S/C12H10ClNO2/c1-2-10-12(14-11(7-15)16-10)8-3-5-9(13)6-4-8/h3-7H,2H2,1H3. The highest BCUT2D eigenvalue weighted by molar-refractivity contribution is 6.30. The average molecular weight is 236 g/mol. The Hall–Kier alpha value is -1.61. The van der Waals surface area contributed by atoms with E-state index in [0.29, 0.717) is 29.2 Å². The van der Waals surface area contributed by atoms with Crippen molar-refractivity contribution in [3.05, 3.63) is 40.9 Å². The number of hydrogen-bond donors (Lipinski definition) is 0. The number of oxazole rings is 1. The van der Waals surface area contributed by atoms with E-state index in [0.717, 1.165) is 5.56 Å². The SMILES string of the molecule is CCc1oc(C=O)nc1-c1ccc(Cl)cc1. The number of rotatable bonds is 3. The van der Waals surface area contributed by atoms with Crippen LogP contribution >= 0.6 is 11.6 Å². The van der Waals surface area contributed by atoms with Gasteiger partial charge in [-0.3, -0.25) is 4.79 Å². The van der Waals surface area contributed by atoms with Gasteiger partial charge in [0.25, 0.3) is 5.89 Å². The monoisotopic (exact) mass is 235 g/mol. The molecular weight excluding hydrogens is 226 g/mol. The summed E-state index contributed by atoms with van der Waals surface area (Å²) in [5, 5.41) is 0.668. The van der Waals surface area contributed by atoms with Crippen LogP contribution in [-0.2, 0) is 6.42 Å². The number of hydrogen-bond acceptors (Lipinski definition) is 3. The van der Waals surface area contributed by atoms with Crippen molar-refractivity contribution in [3.8, 4) is 11.3 Å². The van der Waals surface area contributed by atoms with E-state index >= 15 is 0 Å². The summed E-state index contributed by atoms with van der Waals surface area (Å²) in [5.74, 6) is 0.825. The highest BCUT2D eigenvalue weighted by atomic mass is 35.5. The fourth-order valence-corrected chi connectivity index (χ4v) is 1.62.